The maximum atomic E-state index is 14.2. The van der Waals surface area contributed by atoms with Crippen molar-refractivity contribution < 1.29 is 9.13 Å². The maximum absolute atomic E-state index is 14.2. The van der Waals surface area contributed by atoms with E-state index in [1.807, 2.05) is 6.07 Å². The van der Waals surface area contributed by atoms with Crippen LogP contribution in [0.4, 0.5) is 4.39 Å². The predicted molar refractivity (Wildman–Crippen MR) is 84.5 cm³/mol. The summed E-state index contributed by atoms with van der Waals surface area (Å²) in [6, 6.07) is 5.20. The van der Waals surface area contributed by atoms with Gasteiger partial charge >= 0.3 is 0 Å². The third-order valence-electron chi connectivity index (χ3n) is 4.73. The van der Waals surface area contributed by atoms with E-state index in [4.69, 9.17) is 4.74 Å². The average molecular weight is 300 g/mol. The number of hydrogen-bond acceptors (Lipinski definition) is 3. The van der Waals surface area contributed by atoms with Gasteiger partial charge in [0.1, 0.15) is 6.10 Å². The summed E-state index contributed by atoms with van der Waals surface area (Å²) in [5, 5.41) is 1.78. The van der Waals surface area contributed by atoms with Gasteiger partial charge in [-0.3, -0.25) is 4.98 Å². The van der Waals surface area contributed by atoms with Gasteiger partial charge in [0.25, 0.3) is 0 Å². The molecule has 3 nitrogen and oxygen atoms in total. The molecule has 1 saturated heterocycles. The van der Waals surface area contributed by atoms with Crippen LogP contribution in [0.3, 0.4) is 0 Å². The molecule has 2 aromatic rings. The summed E-state index contributed by atoms with van der Waals surface area (Å²) in [5.74, 6) is 1.02. The second kappa shape index (κ2) is 5.84. The number of piperidine rings is 1. The molecule has 0 amide bonds. The van der Waals surface area contributed by atoms with Gasteiger partial charge < -0.3 is 9.64 Å². The first-order chi connectivity index (χ1) is 10.8. The Balaban J connectivity index is 1.41. The van der Waals surface area contributed by atoms with Gasteiger partial charge in [0, 0.05) is 37.4 Å². The molecule has 2 aliphatic rings. The molecule has 4 heteroatoms. The molecule has 1 aromatic carbocycles. The SMILES string of the molecule is Fc1cc2cnccc2cc1OC1CCN(CC2CC2)CC1. The quantitative estimate of drug-likeness (QED) is 0.862. The van der Waals surface area contributed by atoms with Gasteiger partial charge in [0.05, 0.1) is 0 Å². The summed E-state index contributed by atoms with van der Waals surface area (Å²) >= 11 is 0. The molecular formula is C18H21FN2O. The van der Waals surface area contributed by atoms with Crippen LogP contribution in [0.2, 0.25) is 0 Å². The molecule has 2 fully saturated rings. The van der Waals surface area contributed by atoms with Crippen LogP contribution < -0.4 is 4.74 Å². The highest BCUT2D eigenvalue weighted by Crippen LogP contribution is 2.31. The molecule has 116 valence electrons. The van der Waals surface area contributed by atoms with E-state index in [9.17, 15) is 4.39 Å². The number of pyridine rings is 1. The molecule has 0 N–H and O–H groups in total. The second-order valence-electron chi connectivity index (χ2n) is 6.57. The first-order valence-corrected chi connectivity index (χ1v) is 8.20. The Kier molecular flexibility index (Phi) is 3.70. The van der Waals surface area contributed by atoms with Crippen molar-refractivity contribution in [3.05, 3.63) is 36.4 Å². The summed E-state index contributed by atoms with van der Waals surface area (Å²) in [6.45, 7) is 3.38. The van der Waals surface area contributed by atoms with Crippen LogP contribution in [0.25, 0.3) is 10.8 Å². The van der Waals surface area contributed by atoms with Crippen LogP contribution in [0.1, 0.15) is 25.7 Å². The van der Waals surface area contributed by atoms with Gasteiger partial charge in [-0.05, 0) is 55.2 Å². The summed E-state index contributed by atoms with van der Waals surface area (Å²) in [4.78, 5) is 6.55. The zero-order valence-electron chi connectivity index (χ0n) is 12.7. The number of ether oxygens (including phenoxy) is 1. The van der Waals surface area contributed by atoms with E-state index >= 15 is 0 Å². The van der Waals surface area contributed by atoms with Crippen LogP contribution in [0.15, 0.2) is 30.6 Å². The van der Waals surface area contributed by atoms with Gasteiger partial charge in [-0.1, -0.05) is 0 Å². The summed E-state index contributed by atoms with van der Waals surface area (Å²) in [5.41, 5.74) is 0. The van der Waals surface area contributed by atoms with Crippen LogP contribution in [-0.2, 0) is 0 Å². The molecule has 0 radical (unpaired) electrons. The number of rotatable bonds is 4. The Labute approximate surface area is 130 Å². The van der Waals surface area contributed by atoms with Gasteiger partial charge in [0.2, 0.25) is 0 Å². The van der Waals surface area contributed by atoms with Gasteiger partial charge in [-0.15, -0.1) is 0 Å². The van der Waals surface area contributed by atoms with Crippen molar-refractivity contribution in [2.75, 3.05) is 19.6 Å². The molecule has 1 saturated carbocycles. The molecule has 1 aromatic heterocycles. The van der Waals surface area contributed by atoms with E-state index in [-0.39, 0.29) is 11.9 Å². The number of hydrogen-bond donors (Lipinski definition) is 0. The fourth-order valence-electron chi connectivity index (χ4n) is 3.23. The number of nitrogens with zero attached hydrogens (tertiary/aromatic N) is 2. The predicted octanol–water partition coefficient (Wildman–Crippen LogP) is 3.63. The van der Waals surface area contributed by atoms with E-state index in [1.54, 1.807) is 18.5 Å². The summed E-state index contributed by atoms with van der Waals surface area (Å²) in [6.07, 6.45) is 8.30. The number of aromatic nitrogens is 1. The normalized spacial score (nSPS) is 20.4. The number of halogens is 1. The van der Waals surface area contributed by atoms with E-state index < -0.39 is 0 Å². The fraction of sp³-hybridized carbons (Fsp3) is 0.500. The van der Waals surface area contributed by atoms with Gasteiger partial charge in [-0.25, -0.2) is 4.39 Å². The highest BCUT2D eigenvalue weighted by Gasteiger charge is 2.27. The molecule has 0 unspecified atom stereocenters. The van der Waals surface area contributed by atoms with E-state index in [1.165, 1.54) is 25.5 Å². The van der Waals surface area contributed by atoms with Crippen molar-refractivity contribution >= 4 is 10.8 Å². The lowest BCUT2D eigenvalue weighted by molar-refractivity contribution is 0.0949. The minimum absolute atomic E-state index is 0.129. The molecule has 1 aliphatic heterocycles. The molecule has 1 aliphatic carbocycles. The molecular weight excluding hydrogens is 279 g/mol. The first-order valence-electron chi connectivity index (χ1n) is 8.20. The zero-order chi connectivity index (χ0) is 14.9. The van der Waals surface area contributed by atoms with Crippen molar-refractivity contribution in [2.24, 2.45) is 5.92 Å². The molecule has 4 rings (SSSR count). The Morgan fingerprint density at radius 1 is 1.14 bits per heavy atom. The fourth-order valence-corrected chi connectivity index (χ4v) is 3.23. The van der Waals surface area contributed by atoms with Gasteiger partial charge in [-0.2, -0.15) is 0 Å². The molecule has 0 bridgehead atoms. The van der Waals surface area contributed by atoms with E-state index in [0.717, 1.165) is 42.6 Å². The second-order valence-corrected chi connectivity index (χ2v) is 6.57. The smallest absolute Gasteiger partial charge is 0.165 e. The lowest BCUT2D eigenvalue weighted by Gasteiger charge is -2.32. The van der Waals surface area contributed by atoms with E-state index in [2.05, 4.69) is 9.88 Å². The number of fused-ring (bicyclic) bond motifs is 1. The Morgan fingerprint density at radius 2 is 1.95 bits per heavy atom. The lowest BCUT2D eigenvalue weighted by atomic mass is 10.1. The number of benzene rings is 1. The molecule has 0 spiro atoms. The van der Waals surface area contributed by atoms with Crippen LogP contribution in [0, 0.1) is 11.7 Å². The average Bonchev–Trinajstić information content (AvgIpc) is 3.34. The van der Waals surface area contributed by atoms with Crippen molar-refractivity contribution in [1.82, 2.24) is 9.88 Å². The first kappa shape index (κ1) is 13.9. The van der Waals surface area contributed by atoms with Crippen molar-refractivity contribution in [2.45, 2.75) is 31.8 Å². The Hall–Kier alpha value is -1.68. The van der Waals surface area contributed by atoms with E-state index in [0.29, 0.717) is 5.75 Å². The van der Waals surface area contributed by atoms with Crippen molar-refractivity contribution in [3.8, 4) is 5.75 Å². The largest absolute Gasteiger partial charge is 0.487 e. The Bertz CT molecular complexity index is 663. The minimum Gasteiger partial charge on any atom is -0.487 e. The van der Waals surface area contributed by atoms with Gasteiger partial charge in [0.15, 0.2) is 11.6 Å². The third-order valence-corrected chi connectivity index (χ3v) is 4.73. The summed E-state index contributed by atoms with van der Waals surface area (Å²) in [7, 11) is 0. The molecule has 2 heterocycles. The standard InChI is InChI=1S/C18H21FN2O/c19-17-9-15-11-20-6-3-14(15)10-18(17)22-16-4-7-21(8-5-16)12-13-1-2-13/h3,6,9-11,13,16H,1-2,4-5,7-8,12H2. The topological polar surface area (TPSA) is 25.4 Å². The summed E-state index contributed by atoms with van der Waals surface area (Å²) < 4.78 is 20.1. The minimum atomic E-state index is -0.291. The zero-order valence-corrected chi connectivity index (χ0v) is 12.7. The third kappa shape index (κ3) is 3.07. The van der Waals surface area contributed by atoms with Crippen molar-refractivity contribution in [1.29, 1.82) is 0 Å². The monoisotopic (exact) mass is 300 g/mol. The molecule has 22 heavy (non-hydrogen) atoms. The Morgan fingerprint density at radius 3 is 2.73 bits per heavy atom. The lowest BCUT2D eigenvalue weighted by Crippen LogP contribution is -2.39. The molecule has 0 atom stereocenters. The maximum Gasteiger partial charge on any atom is 0.165 e. The van der Waals surface area contributed by atoms with Crippen LogP contribution in [0.5, 0.6) is 5.75 Å². The van der Waals surface area contributed by atoms with Crippen molar-refractivity contribution in [3.63, 3.8) is 0 Å². The number of likely N-dealkylation sites (tertiary alicyclic amines) is 1. The van der Waals surface area contributed by atoms with Crippen LogP contribution in [-0.4, -0.2) is 35.6 Å². The van der Waals surface area contributed by atoms with Crippen LogP contribution >= 0.6 is 0 Å². The highest BCUT2D eigenvalue weighted by molar-refractivity contribution is 5.83. The highest BCUT2D eigenvalue weighted by atomic mass is 19.1.